The molecule has 0 fully saturated rings. The number of carboxylic acids is 1. The van der Waals surface area contributed by atoms with Gasteiger partial charge in [0.15, 0.2) is 6.10 Å². The van der Waals surface area contributed by atoms with E-state index in [1.165, 1.54) is 0 Å². The molecule has 84 valence electrons. The third-order valence-corrected chi connectivity index (χ3v) is 2.51. The monoisotopic (exact) mass is 204 g/mol. The van der Waals surface area contributed by atoms with E-state index in [-0.39, 0.29) is 0 Å². The van der Waals surface area contributed by atoms with Crippen LogP contribution in [0.1, 0.15) is 39.5 Å². The van der Waals surface area contributed by atoms with Gasteiger partial charge < -0.3 is 15.3 Å². The highest BCUT2D eigenvalue weighted by Gasteiger charge is 2.22. The van der Waals surface area contributed by atoms with E-state index in [9.17, 15) is 9.90 Å². The third kappa shape index (κ3) is 5.19. The lowest BCUT2D eigenvalue weighted by atomic mass is 9.99. The Balaban J connectivity index is 3.63. The molecule has 0 saturated carbocycles. The topological polar surface area (TPSA) is 77.8 Å². The fourth-order valence-corrected chi connectivity index (χ4v) is 1.20. The molecule has 0 amide bonds. The number of aliphatic carboxylic acids is 1. The molecule has 0 radical (unpaired) electrons. The summed E-state index contributed by atoms with van der Waals surface area (Å²) >= 11 is 0. The van der Waals surface area contributed by atoms with Crippen LogP contribution in [0.15, 0.2) is 0 Å². The van der Waals surface area contributed by atoms with E-state index in [0.717, 1.165) is 19.3 Å². The maximum absolute atomic E-state index is 10.3. The Morgan fingerprint density at radius 2 is 1.86 bits per heavy atom. The lowest BCUT2D eigenvalue weighted by molar-refractivity contribution is -0.153. The van der Waals surface area contributed by atoms with Gasteiger partial charge in [-0.3, -0.25) is 0 Å². The van der Waals surface area contributed by atoms with Crippen molar-refractivity contribution in [2.75, 3.05) is 0 Å². The van der Waals surface area contributed by atoms with Gasteiger partial charge in [-0.15, -0.1) is 0 Å². The van der Waals surface area contributed by atoms with Gasteiger partial charge in [0.05, 0.1) is 6.10 Å². The minimum atomic E-state index is -1.65. The Bertz CT molecular complexity index is 170. The lowest BCUT2D eigenvalue weighted by Crippen LogP contribution is -2.33. The molecule has 0 aliphatic rings. The Labute approximate surface area is 84.6 Å². The fourth-order valence-electron chi connectivity index (χ4n) is 1.20. The van der Waals surface area contributed by atoms with Crippen LogP contribution in [0, 0.1) is 5.92 Å². The first-order chi connectivity index (χ1) is 6.49. The zero-order valence-electron chi connectivity index (χ0n) is 8.81. The molecule has 0 aromatic rings. The van der Waals surface area contributed by atoms with Crippen molar-refractivity contribution in [1.82, 2.24) is 0 Å². The van der Waals surface area contributed by atoms with Crippen LogP contribution in [0.2, 0.25) is 0 Å². The van der Waals surface area contributed by atoms with Crippen molar-refractivity contribution in [3.63, 3.8) is 0 Å². The van der Waals surface area contributed by atoms with Crippen LogP contribution >= 0.6 is 0 Å². The Morgan fingerprint density at radius 1 is 1.29 bits per heavy atom. The summed E-state index contributed by atoms with van der Waals surface area (Å²) in [6.07, 6.45) is 0.346. The van der Waals surface area contributed by atoms with Gasteiger partial charge in [0.25, 0.3) is 0 Å². The van der Waals surface area contributed by atoms with Crippen molar-refractivity contribution in [3.05, 3.63) is 0 Å². The second-order valence-electron chi connectivity index (χ2n) is 3.79. The largest absolute Gasteiger partial charge is 0.479 e. The second-order valence-corrected chi connectivity index (χ2v) is 3.79. The molecule has 0 heterocycles. The van der Waals surface area contributed by atoms with Crippen molar-refractivity contribution in [2.45, 2.75) is 51.7 Å². The van der Waals surface area contributed by atoms with Gasteiger partial charge >= 0.3 is 5.97 Å². The highest BCUT2D eigenvalue weighted by Crippen LogP contribution is 2.13. The molecule has 3 N–H and O–H groups in total. The van der Waals surface area contributed by atoms with Crippen molar-refractivity contribution in [3.8, 4) is 0 Å². The number of carbonyl (C=O) groups is 1. The highest BCUT2D eigenvalue weighted by atomic mass is 16.4. The zero-order chi connectivity index (χ0) is 11.1. The summed E-state index contributed by atoms with van der Waals surface area (Å²) in [5, 5.41) is 26.6. The number of hydrogen-bond donors (Lipinski definition) is 3. The molecular formula is C10H20O4. The number of hydrogen-bond acceptors (Lipinski definition) is 3. The van der Waals surface area contributed by atoms with Gasteiger partial charge in [0.2, 0.25) is 0 Å². The molecule has 4 nitrogen and oxygen atoms in total. The predicted molar refractivity (Wildman–Crippen MR) is 53.0 cm³/mol. The van der Waals surface area contributed by atoms with Crippen LogP contribution in [0.4, 0.5) is 0 Å². The maximum atomic E-state index is 10.3. The summed E-state index contributed by atoms with van der Waals surface area (Å²) in [5.41, 5.74) is 0. The molecule has 0 aromatic heterocycles. The molecule has 0 bridgehead atoms. The average Bonchev–Trinajstić information content (AvgIpc) is 2.15. The Kier molecular flexibility index (Phi) is 6.49. The quantitative estimate of drug-likeness (QED) is 0.578. The van der Waals surface area contributed by atoms with Gasteiger partial charge in [-0.2, -0.15) is 0 Å². The van der Waals surface area contributed by atoms with E-state index in [2.05, 4.69) is 13.8 Å². The van der Waals surface area contributed by atoms with E-state index < -0.39 is 18.2 Å². The summed E-state index contributed by atoms with van der Waals surface area (Å²) in [7, 11) is 0. The van der Waals surface area contributed by atoms with E-state index in [1.807, 2.05) is 0 Å². The first-order valence-electron chi connectivity index (χ1n) is 5.08. The van der Waals surface area contributed by atoms with Crippen LogP contribution in [-0.4, -0.2) is 33.5 Å². The van der Waals surface area contributed by atoms with Gasteiger partial charge in [-0.25, -0.2) is 4.79 Å². The molecule has 0 rings (SSSR count). The fraction of sp³-hybridized carbons (Fsp3) is 0.900. The summed E-state index contributed by atoms with van der Waals surface area (Å²) in [4.78, 5) is 10.3. The second kappa shape index (κ2) is 6.79. The third-order valence-electron chi connectivity index (χ3n) is 2.51. The van der Waals surface area contributed by atoms with Crippen molar-refractivity contribution in [1.29, 1.82) is 0 Å². The van der Waals surface area contributed by atoms with E-state index in [1.54, 1.807) is 0 Å². The molecule has 0 aliphatic heterocycles. The SMILES string of the molecule is CCC(C)CCCC(O)C(O)C(=O)O. The first-order valence-corrected chi connectivity index (χ1v) is 5.08. The van der Waals surface area contributed by atoms with Crippen LogP contribution in [0.5, 0.6) is 0 Å². The zero-order valence-corrected chi connectivity index (χ0v) is 8.81. The van der Waals surface area contributed by atoms with Crippen LogP contribution in [0.3, 0.4) is 0 Å². The minimum absolute atomic E-state index is 0.345. The highest BCUT2D eigenvalue weighted by molar-refractivity contribution is 5.72. The van der Waals surface area contributed by atoms with Gasteiger partial charge in [0.1, 0.15) is 0 Å². The predicted octanol–water partition coefficient (Wildman–Crippen LogP) is 1.01. The Hall–Kier alpha value is -0.610. The van der Waals surface area contributed by atoms with Crippen molar-refractivity contribution < 1.29 is 20.1 Å². The summed E-state index contributed by atoms with van der Waals surface area (Å²) in [6.45, 7) is 4.20. The standard InChI is InChI=1S/C10H20O4/c1-3-7(2)5-4-6-8(11)9(12)10(13)14/h7-9,11-12H,3-6H2,1-2H3,(H,13,14). The lowest BCUT2D eigenvalue weighted by Gasteiger charge is -2.14. The maximum Gasteiger partial charge on any atom is 0.335 e. The first kappa shape index (κ1) is 13.4. The number of rotatable bonds is 7. The molecule has 4 heteroatoms. The summed E-state index contributed by atoms with van der Waals surface area (Å²) in [5.74, 6) is -0.773. The summed E-state index contributed by atoms with van der Waals surface area (Å²) < 4.78 is 0. The molecular weight excluding hydrogens is 184 g/mol. The van der Waals surface area contributed by atoms with Crippen LogP contribution < -0.4 is 0 Å². The number of carboxylic acid groups (broad SMARTS) is 1. The minimum Gasteiger partial charge on any atom is -0.479 e. The van der Waals surface area contributed by atoms with E-state index in [0.29, 0.717) is 12.3 Å². The molecule has 0 spiro atoms. The van der Waals surface area contributed by atoms with Gasteiger partial charge in [-0.05, 0) is 12.3 Å². The van der Waals surface area contributed by atoms with Crippen LogP contribution in [0.25, 0.3) is 0 Å². The molecule has 3 unspecified atom stereocenters. The van der Waals surface area contributed by atoms with E-state index >= 15 is 0 Å². The average molecular weight is 204 g/mol. The molecule has 0 saturated heterocycles. The summed E-state index contributed by atoms with van der Waals surface area (Å²) in [6, 6.07) is 0. The Morgan fingerprint density at radius 3 is 2.29 bits per heavy atom. The molecule has 0 aliphatic carbocycles. The smallest absolute Gasteiger partial charge is 0.335 e. The number of aliphatic hydroxyl groups excluding tert-OH is 2. The number of aliphatic hydroxyl groups is 2. The van der Waals surface area contributed by atoms with Gasteiger partial charge in [0, 0.05) is 0 Å². The van der Waals surface area contributed by atoms with Crippen molar-refractivity contribution in [2.24, 2.45) is 5.92 Å². The molecule has 3 atom stereocenters. The van der Waals surface area contributed by atoms with Crippen molar-refractivity contribution >= 4 is 5.97 Å². The van der Waals surface area contributed by atoms with E-state index in [4.69, 9.17) is 10.2 Å². The normalized spacial score (nSPS) is 17.4. The van der Waals surface area contributed by atoms with Crippen LogP contribution in [-0.2, 0) is 4.79 Å². The molecule has 14 heavy (non-hydrogen) atoms. The van der Waals surface area contributed by atoms with Gasteiger partial charge in [-0.1, -0.05) is 33.1 Å². The molecule has 0 aromatic carbocycles.